The third kappa shape index (κ3) is 5.55. The van der Waals surface area contributed by atoms with Gasteiger partial charge in [-0.15, -0.1) is 11.3 Å². The summed E-state index contributed by atoms with van der Waals surface area (Å²) in [6.45, 7) is 0. The molecule has 11 aromatic carbocycles. The number of benzene rings is 11. The zero-order chi connectivity index (χ0) is 50.3. The monoisotopic (exact) mass is 911 g/mol. The highest BCUT2D eigenvalue weighted by atomic mass is 32.1. The van der Waals surface area contributed by atoms with Crippen LogP contribution in [0.2, 0.25) is 0 Å². The fourth-order valence-electron chi connectivity index (χ4n) is 12.0. The van der Waals surface area contributed by atoms with Gasteiger partial charge in [-0.1, -0.05) is 182 Å². The maximum absolute atomic E-state index is 8.86. The lowest BCUT2D eigenvalue weighted by Crippen LogP contribution is -2.28. The van der Waals surface area contributed by atoms with E-state index in [2.05, 4.69) is 215 Å². The summed E-state index contributed by atoms with van der Waals surface area (Å²) in [6, 6.07) is 79.8. The van der Waals surface area contributed by atoms with Crippen LogP contribution >= 0.6 is 11.3 Å². The van der Waals surface area contributed by atoms with E-state index in [1.807, 2.05) is 18.2 Å². The number of rotatable bonds is 6. The van der Waals surface area contributed by atoms with Crippen LogP contribution in [-0.4, -0.2) is 9.13 Å². The third-order valence-electron chi connectivity index (χ3n) is 14.9. The SMILES string of the molecule is [2H]c1c([2H])c([2H])c(-c2cccc3sc4ccc(-n5c6ccccc6c6cc(-c7ccc8c(c7)c7ccccc7n8-c7ccc(C8(c9ccccc9)c9ccccc9-c9ccccc98)cc7)ccc65)cc4c23)c([2H])c1[2H]. The molecule has 0 spiro atoms. The maximum atomic E-state index is 8.86. The number of thiophene rings is 1. The second-order valence-corrected chi connectivity index (χ2v) is 19.5. The molecule has 3 heterocycles. The standard InChI is InChI=1S/C67H42N2S/c1-3-16-43(17-4-1)50-24-15-29-65-66(50)57-42-49(36-39-64(57)70-65)69-61-28-14-10-23-54(61)56-41-45(31-38-63(56)69)44-30-37-62-55(40-44)53-22-9-13-27-60(53)68(62)48-34-32-47(33-35-48)67(46-18-5-2-6-19-46)58-25-11-7-20-51(58)52-21-8-12-26-59(52)67/h1-42H/i1D,3D,4D,16D,17D. The van der Waals surface area contributed by atoms with Crippen LogP contribution in [0.1, 0.15) is 29.1 Å². The Morgan fingerprint density at radius 1 is 0.343 bits per heavy atom. The Hall–Kier alpha value is -8.76. The first-order chi connectivity index (χ1) is 36.8. The first kappa shape index (κ1) is 34.5. The fraction of sp³-hybridized carbons (Fsp3) is 0.0149. The Morgan fingerprint density at radius 3 is 1.53 bits per heavy atom. The Labute approximate surface area is 416 Å². The van der Waals surface area contributed by atoms with Gasteiger partial charge in [-0.2, -0.15) is 0 Å². The number of aromatic nitrogens is 2. The molecule has 0 unspecified atom stereocenters. The van der Waals surface area contributed by atoms with Gasteiger partial charge in [-0.05, 0) is 128 Å². The largest absolute Gasteiger partial charge is 0.309 e. The lowest BCUT2D eigenvalue weighted by molar-refractivity contribution is 0.768. The highest BCUT2D eigenvalue weighted by Crippen LogP contribution is 2.56. The van der Waals surface area contributed by atoms with Gasteiger partial charge in [-0.25, -0.2) is 0 Å². The van der Waals surface area contributed by atoms with Crippen LogP contribution in [-0.2, 0) is 5.41 Å². The van der Waals surface area contributed by atoms with Gasteiger partial charge >= 0.3 is 0 Å². The number of hydrogen-bond acceptors (Lipinski definition) is 1. The molecule has 1 aliphatic carbocycles. The molecule has 0 bridgehead atoms. The molecule has 0 atom stereocenters. The number of para-hydroxylation sites is 2. The van der Waals surface area contributed by atoms with E-state index in [0.717, 1.165) is 75.5 Å². The van der Waals surface area contributed by atoms with Crippen molar-refractivity contribution in [2.24, 2.45) is 0 Å². The smallest absolute Gasteiger partial charge is 0.0713 e. The number of fused-ring (bicyclic) bond motifs is 12. The summed E-state index contributed by atoms with van der Waals surface area (Å²) in [7, 11) is 0. The topological polar surface area (TPSA) is 9.86 Å². The van der Waals surface area contributed by atoms with Gasteiger partial charge in [0.05, 0.1) is 34.3 Å². The van der Waals surface area contributed by atoms with Crippen LogP contribution in [0.15, 0.2) is 255 Å². The molecule has 0 saturated carbocycles. The second kappa shape index (κ2) is 15.1. The molecule has 0 aliphatic heterocycles. The molecule has 0 radical (unpaired) electrons. The van der Waals surface area contributed by atoms with Crippen molar-refractivity contribution in [3.05, 3.63) is 277 Å². The third-order valence-corrected chi connectivity index (χ3v) is 16.0. The van der Waals surface area contributed by atoms with Crippen LogP contribution in [0.5, 0.6) is 0 Å². The molecule has 0 saturated heterocycles. The molecule has 1 aliphatic rings. The highest BCUT2D eigenvalue weighted by Gasteiger charge is 2.45. The molecule has 15 rings (SSSR count). The Balaban J connectivity index is 0.848. The molecule has 0 N–H and O–H groups in total. The lowest BCUT2D eigenvalue weighted by Gasteiger charge is -2.34. The van der Waals surface area contributed by atoms with Gasteiger partial charge in [0.1, 0.15) is 0 Å². The van der Waals surface area contributed by atoms with Gasteiger partial charge < -0.3 is 9.13 Å². The van der Waals surface area contributed by atoms with Gasteiger partial charge in [0.2, 0.25) is 0 Å². The highest BCUT2D eigenvalue weighted by molar-refractivity contribution is 7.26. The first-order valence-electron chi connectivity index (χ1n) is 26.2. The average molecular weight is 912 g/mol. The van der Waals surface area contributed by atoms with Crippen LogP contribution in [0.25, 0.3) is 109 Å². The Kier molecular flexibility index (Phi) is 7.46. The summed E-state index contributed by atoms with van der Waals surface area (Å²) >= 11 is 1.64. The molecule has 3 heteroatoms. The zero-order valence-corrected chi connectivity index (χ0v) is 38.5. The van der Waals surface area contributed by atoms with Crippen molar-refractivity contribution in [2.45, 2.75) is 5.41 Å². The van der Waals surface area contributed by atoms with Crippen molar-refractivity contribution in [1.82, 2.24) is 9.13 Å². The van der Waals surface area contributed by atoms with Crippen molar-refractivity contribution < 1.29 is 6.85 Å². The predicted octanol–water partition coefficient (Wildman–Crippen LogP) is 17.9. The molecule has 2 nitrogen and oxygen atoms in total. The second-order valence-electron chi connectivity index (χ2n) is 18.4. The van der Waals surface area contributed by atoms with Gasteiger partial charge in [0.25, 0.3) is 0 Å². The zero-order valence-electron chi connectivity index (χ0n) is 42.7. The van der Waals surface area contributed by atoms with Gasteiger partial charge in [0.15, 0.2) is 0 Å². The summed E-state index contributed by atoms with van der Waals surface area (Å²) in [5.74, 6) is 0. The Bertz CT molecular complexity index is 4650. The molecule has 3 aromatic heterocycles. The van der Waals surface area contributed by atoms with Crippen molar-refractivity contribution in [3.63, 3.8) is 0 Å². The summed E-state index contributed by atoms with van der Waals surface area (Å²) in [4.78, 5) is 0. The van der Waals surface area contributed by atoms with E-state index in [1.165, 1.54) is 44.2 Å². The first-order valence-corrected chi connectivity index (χ1v) is 24.6. The fourth-order valence-corrected chi connectivity index (χ4v) is 13.1. The van der Waals surface area contributed by atoms with E-state index in [1.54, 1.807) is 11.3 Å². The van der Waals surface area contributed by atoms with Crippen molar-refractivity contribution in [3.8, 4) is 44.8 Å². The molecule has 326 valence electrons. The maximum Gasteiger partial charge on any atom is 0.0713 e. The van der Waals surface area contributed by atoms with Crippen LogP contribution in [0, 0.1) is 0 Å². The van der Waals surface area contributed by atoms with Crippen LogP contribution in [0.4, 0.5) is 0 Å². The lowest BCUT2D eigenvalue weighted by atomic mass is 9.68. The minimum Gasteiger partial charge on any atom is -0.309 e. The summed E-state index contributed by atoms with van der Waals surface area (Å²) in [5, 5.41) is 6.52. The normalized spacial score (nSPS) is 14.0. The molecule has 14 aromatic rings. The minimum absolute atomic E-state index is 0.201. The van der Waals surface area contributed by atoms with Gasteiger partial charge in [-0.3, -0.25) is 0 Å². The average Bonchev–Trinajstić information content (AvgIpc) is 4.20. The molecular weight excluding hydrogens is 865 g/mol. The van der Waals surface area contributed by atoms with Crippen molar-refractivity contribution in [1.29, 1.82) is 0 Å². The Morgan fingerprint density at radius 2 is 0.871 bits per heavy atom. The number of nitrogens with zero attached hydrogens (tertiary/aromatic N) is 2. The van der Waals surface area contributed by atoms with Crippen LogP contribution < -0.4 is 0 Å². The van der Waals surface area contributed by atoms with E-state index in [-0.39, 0.29) is 29.7 Å². The predicted molar refractivity (Wildman–Crippen MR) is 296 cm³/mol. The van der Waals surface area contributed by atoms with E-state index >= 15 is 0 Å². The van der Waals surface area contributed by atoms with E-state index in [9.17, 15) is 0 Å². The summed E-state index contributed by atoms with van der Waals surface area (Å²) in [5.41, 5.74) is 16.8. The minimum atomic E-state index is -0.465. The molecule has 0 amide bonds. The van der Waals surface area contributed by atoms with E-state index < -0.39 is 11.5 Å². The quantitative estimate of drug-likeness (QED) is 0.157. The van der Waals surface area contributed by atoms with E-state index in [4.69, 9.17) is 6.85 Å². The number of hydrogen-bond donors (Lipinski definition) is 0. The van der Waals surface area contributed by atoms with Gasteiger partial charge in [0, 0.05) is 53.1 Å². The molecular formula is C67H42N2S. The van der Waals surface area contributed by atoms with Crippen LogP contribution in [0.3, 0.4) is 0 Å². The van der Waals surface area contributed by atoms with Crippen molar-refractivity contribution >= 4 is 75.1 Å². The van der Waals surface area contributed by atoms with Crippen molar-refractivity contribution in [2.75, 3.05) is 0 Å². The summed E-state index contributed by atoms with van der Waals surface area (Å²) in [6.07, 6.45) is 0. The molecule has 70 heavy (non-hydrogen) atoms. The molecule has 0 fully saturated rings. The van der Waals surface area contributed by atoms with E-state index in [0.29, 0.717) is 5.56 Å². The summed E-state index contributed by atoms with van der Waals surface area (Å²) < 4.78 is 49.6.